The molecule has 1 aromatic carbocycles. The molecule has 0 aliphatic rings. The highest BCUT2D eigenvalue weighted by Crippen LogP contribution is 2.33. The van der Waals surface area contributed by atoms with E-state index in [0.29, 0.717) is 4.90 Å². The van der Waals surface area contributed by atoms with Crippen LogP contribution in [0.25, 0.3) is 0 Å². The molecule has 0 aliphatic carbocycles. The summed E-state index contributed by atoms with van der Waals surface area (Å²) in [6, 6.07) is 5.71. The van der Waals surface area contributed by atoms with Gasteiger partial charge < -0.3 is 0 Å². The molecular weight excluding hydrogens is 197 g/mol. The summed E-state index contributed by atoms with van der Waals surface area (Å²) >= 11 is 0. The maximum Gasteiger partial charge on any atom is 0.421 e. The van der Waals surface area contributed by atoms with Crippen molar-refractivity contribution >= 4 is 10.9 Å². The molecule has 0 heterocycles. The van der Waals surface area contributed by atoms with Gasteiger partial charge in [0.05, 0.1) is 0 Å². The molecule has 0 radical (unpaired) electrons. The van der Waals surface area contributed by atoms with Crippen molar-refractivity contribution in [3.8, 4) is 0 Å². The Morgan fingerprint density at radius 3 is 2.00 bits per heavy atom. The average molecular weight is 207 g/mol. The predicted octanol–water partition coefficient (Wildman–Crippen LogP) is 2.94. The molecular formula is C9H10F3S+. The Labute approximate surface area is 78.1 Å². The molecule has 0 fully saturated rings. The van der Waals surface area contributed by atoms with Crippen LogP contribution in [-0.4, -0.2) is 12.5 Å². The normalized spacial score (nSPS) is 12.2. The Balaban J connectivity index is 3.20. The van der Waals surface area contributed by atoms with Crippen molar-refractivity contribution in [1.82, 2.24) is 0 Å². The van der Waals surface area contributed by atoms with Crippen LogP contribution in [-0.2, 0) is 17.1 Å². The first-order valence-corrected chi connectivity index (χ1v) is 5.71. The van der Waals surface area contributed by atoms with Crippen LogP contribution in [0.3, 0.4) is 0 Å². The molecule has 0 aromatic heterocycles. The number of rotatable bonds is 1. The zero-order chi connectivity index (χ0) is 10.1. The van der Waals surface area contributed by atoms with Crippen molar-refractivity contribution in [2.75, 3.05) is 12.5 Å². The van der Waals surface area contributed by atoms with E-state index in [1.807, 2.05) is 0 Å². The summed E-state index contributed by atoms with van der Waals surface area (Å²) in [5.41, 5.74) is -0.511. The number of benzene rings is 1. The SMILES string of the molecule is C[S+](C)c1ccccc1C(F)(F)F. The van der Waals surface area contributed by atoms with Gasteiger partial charge >= 0.3 is 6.18 Å². The topological polar surface area (TPSA) is 0 Å². The van der Waals surface area contributed by atoms with E-state index in [1.54, 1.807) is 18.6 Å². The van der Waals surface area contributed by atoms with Crippen molar-refractivity contribution in [3.05, 3.63) is 29.8 Å². The summed E-state index contributed by atoms with van der Waals surface area (Å²) in [4.78, 5) is 0.384. The Morgan fingerprint density at radius 2 is 1.62 bits per heavy atom. The average Bonchev–Trinajstić information content (AvgIpc) is 2.03. The van der Waals surface area contributed by atoms with Gasteiger partial charge in [0.15, 0.2) is 4.90 Å². The Hall–Kier alpha value is -0.640. The van der Waals surface area contributed by atoms with Gasteiger partial charge in [-0.15, -0.1) is 0 Å². The lowest BCUT2D eigenvalue weighted by Gasteiger charge is -2.08. The second-order valence-corrected chi connectivity index (χ2v) is 4.88. The smallest absolute Gasteiger partial charge is 0.166 e. The monoisotopic (exact) mass is 207 g/mol. The highest BCUT2D eigenvalue weighted by molar-refractivity contribution is 7.95. The molecule has 0 aliphatic heterocycles. The minimum absolute atomic E-state index is 0.357. The second kappa shape index (κ2) is 3.62. The molecule has 72 valence electrons. The van der Waals surface area contributed by atoms with E-state index in [1.165, 1.54) is 12.1 Å². The van der Waals surface area contributed by atoms with E-state index in [-0.39, 0.29) is 10.9 Å². The van der Waals surface area contributed by atoms with Gasteiger partial charge in [-0.1, -0.05) is 12.1 Å². The third-order valence-corrected chi connectivity index (χ3v) is 2.87. The number of alkyl halides is 3. The van der Waals surface area contributed by atoms with E-state index in [4.69, 9.17) is 0 Å². The highest BCUT2D eigenvalue weighted by Gasteiger charge is 2.36. The lowest BCUT2D eigenvalue weighted by Crippen LogP contribution is -2.11. The van der Waals surface area contributed by atoms with Gasteiger partial charge in [-0.05, 0) is 12.1 Å². The summed E-state index contributed by atoms with van der Waals surface area (Å²) in [6.07, 6.45) is -0.664. The van der Waals surface area contributed by atoms with Crippen molar-refractivity contribution in [3.63, 3.8) is 0 Å². The standard InChI is InChI=1S/C9H10F3S/c1-13(2)8-6-4-3-5-7(8)9(10,11)12/h3-6H,1-2H3/q+1. The van der Waals surface area contributed by atoms with Gasteiger partial charge in [-0.2, -0.15) is 13.2 Å². The fourth-order valence-corrected chi connectivity index (χ4v) is 2.03. The van der Waals surface area contributed by atoms with Gasteiger partial charge in [-0.3, -0.25) is 0 Å². The van der Waals surface area contributed by atoms with E-state index in [2.05, 4.69) is 0 Å². The molecule has 0 bridgehead atoms. The summed E-state index contributed by atoms with van der Waals surface area (Å²) < 4.78 is 37.2. The maximum absolute atomic E-state index is 12.4. The molecule has 0 N–H and O–H groups in total. The molecule has 1 aromatic rings. The largest absolute Gasteiger partial charge is 0.421 e. The lowest BCUT2D eigenvalue weighted by molar-refractivity contribution is -0.139. The van der Waals surface area contributed by atoms with Crippen molar-refractivity contribution in [2.24, 2.45) is 0 Å². The number of halogens is 3. The molecule has 1 rings (SSSR count). The van der Waals surface area contributed by atoms with Crippen LogP contribution in [0, 0.1) is 0 Å². The van der Waals surface area contributed by atoms with Crippen molar-refractivity contribution in [2.45, 2.75) is 11.1 Å². The van der Waals surface area contributed by atoms with Crippen LogP contribution < -0.4 is 0 Å². The fraction of sp³-hybridized carbons (Fsp3) is 0.333. The first-order valence-electron chi connectivity index (χ1n) is 3.66. The van der Waals surface area contributed by atoms with Gasteiger partial charge in [0.25, 0.3) is 0 Å². The minimum Gasteiger partial charge on any atom is -0.166 e. The third-order valence-electron chi connectivity index (χ3n) is 1.63. The molecule has 0 amide bonds. The first-order chi connectivity index (χ1) is 5.93. The van der Waals surface area contributed by atoms with E-state index in [0.717, 1.165) is 6.07 Å². The van der Waals surface area contributed by atoms with Crippen LogP contribution in [0.1, 0.15) is 5.56 Å². The van der Waals surface area contributed by atoms with Crippen LogP contribution in [0.5, 0.6) is 0 Å². The predicted molar refractivity (Wildman–Crippen MR) is 48.9 cm³/mol. The van der Waals surface area contributed by atoms with Crippen LogP contribution >= 0.6 is 0 Å². The summed E-state index contributed by atoms with van der Waals surface area (Å²) in [5.74, 6) is 0. The lowest BCUT2D eigenvalue weighted by atomic mass is 10.2. The molecule has 4 heteroatoms. The Morgan fingerprint density at radius 1 is 1.08 bits per heavy atom. The molecule has 0 atom stereocenters. The fourth-order valence-electron chi connectivity index (χ4n) is 1.06. The van der Waals surface area contributed by atoms with Crippen LogP contribution in [0.15, 0.2) is 29.2 Å². The Kier molecular flexibility index (Phi) is 2.91. The zero-order valence-electron chi connectivity index (χ0n) is 7.35. The number of hydrogen-bond acceptors (Lipinski definition) is 0. The minimum atomic E-state index is -4.23. The third kappa shape index (κ3) is 2.40. The van der Waals surface area contributed by atoms with Gasteiger partial charge in [-0.25, -0.2) is 0 Å². The van der Waals surface area contributed by atoms with Crippen molar-refractivity contribution in [1.29, 1.82) is 0 Å². The second-order valence-electron chi connectivity index (χ2n) is 2.81. The molecule has 0 unspecified atom stereocenters. The van der Waals surface area contributed by atoms with E-state index in [9.17, 15) is 13.2 Å². The summed E-state index contributed by atoms with van der Waals surface area (Å²) in [6.45, 7) is 0. The van der Waals surface area contributed by atoms with Gasteiger partial charge in [0.2, 0.25) is 0 Å². The first kappa shape index (κ1) is 10.4. The van der Waals surface area contributed by atoms with Gasteiger partial charge in [0, 0.05) is 10.9 Å². The highest BCUT2D eigenvalue weighted by atomic mass is 32.2. The Bertz CT molecular complexity index is 291. The van der Waals surface area contributed by atoms with E-state index >= 15 is 0 Å². The summed E-state index contributed by atoms with van der Waals surface area (Å²) in [5, 5.41) is 0. The molecule has 0 spiro atoms. The van der Waals surface area contributed by atoms with Crippen LogP contribution in [0.4, 0.5) is 13.2 Å². The number of hydrogen-bond donors (Lipinski definition) is 0. The molecule has 0 nitrogen and oxygen atoms in total. The van der Waals surface area contributed by atoms with Gasteiger partial charge in [0.1, 0.15) is 18.1 Å². The van der Waals surface area contributed by atoms with Crippen LogP contribution in [0.2, 0.25) is 0 Å². The summed E-state index contributed by atoms with van der Waals surface area (Å²) in [7, 11) is -0.357. The zero-order valence-corrected chi connectivity index (χ0v) is 8.17. The maximum atomic E-state index is 12.4. The molecule has 0 saturated carbocycles. The molecule has 13 heavy (non-hydrogen) atoms. The quantitative estimate of drug-likeness (QED) is 0.621. The van der Waals surface area contributed by atoms with Crippen molar-refractivity contribution < 1.29 is 13.2 Å². The molecule has 0 saturated heterocycles. The van der Waals surface area contributed by atoms with E-state index < -0.39 is 11.7 Å².